The Morgan fingerprint density at radius 1 is 1.36 bits per heavy atom. The zero-order valence-corrected chi connectivity index (χ0v) is 15.1. The molecule has 1 aromatic rings. The first-order valence-electron chi connectivity index (χ1n) is 7.73. The summed E-state index contributed by atoms with van der Waals surface area (Å²) in [5, 5.41) is -0.265. The molecular weight excluding hydrogens is 344 g/mol. The van der Waals surface area contributed by atoms with Crippen LogP contribution < -0.4 is 15.2 Å². The lowest BCUT2D eigenvalue weighted by Crippen LogP contribution is -2.36. The first-order valence-corrected chi connectivity index (χ1v) is 8.55. The summed E-state index contributed by atoms with van der Waals surface area (Å²) >= 11 is 0.917. The zero-order valence-electron chi connectivity index (χ0n) is 14.3. The number of hydrogen-bond acceptors (Lipinski definition) is 6. The Hall–Kier alpha value is -2.48. The van der Waals surface area contributed by atoms with E-state index < -0.39 is 5.91 Å². The maximum absolute atomic E-state index is 12.4. The Balaban J connectivity index is 2.25. The molecule has 1 saturated heterocycles. The van der Waals surface area contributed by atoms with Gasteiger partial charge in [0, 0.05) is 6.04 Å². The molecule has 0 spiro atoms. The maximum Gasteiger partial charge on any atom is 0.293 e. The van der Waals surface area contributed by atoms with Gasteiger partial charge >= 0.3 is 0 Å². The molecular formula is C17H20N2O5S. The van der Waals surface area contributed by atoms with Crippen LogP contribution in [0.25, 0.3) is 6.08 Å². The number of thioether (sulfide) groups is 1. The van der Waals surface area contributed by atoms with Crippen LogP contribution in [0.2, 0.25) is 0 Å². The maximum atomic E-state index is 12.4. The second-order valence-electron chi connectivity index (χ2n) is 5.47. The average Bonchev–Trinajstić information content (AvgIpc) is 2.86. The fourth-order valence-electron chi connectivity index (χ4n) is 2.24. The van der Waals surface area contributed by atoms with Gasteiger partial charge in [-0.2, -0.15) is 0 Å². The third kappa shape index (κ3) is 4.33. The molecule has 1 aromatic carbocycles. The lowest BCUT2D eigenvalue weighted by molar-refractivity contribution is -0.124. The molecule has 0 aliphatic carbocycles. The molecule has 1 fully saturated rings. The van der Waals surface area contributed by atoms with Crippen LogP contribution in [0.15, 0.2) is 23.1 Å². The van der Waals surface area contributed by atoms with Gasteiger partial charge in [0.1, 0.15) is 0 Å². The summed E-state index contributed by atoms with van der Waals surface area (Å²) in [5.41, 5.74) is 5.74. The Kier molecular flexibility index (Phi) is 6.08. The molecule has 1 aliphatic rings. The number of primary amides is 1. The third-order valence-corrected chi connectivity index (χ3v) is 4.59. The van der Waals surface area contributed by atoms with Crippen molar-refractivity contribution in [3.8, 4) is 11.5 Å². The number of benzene rings is 1. The van der Waals surface area contributed by atoms with E-state index in [9.17, 15) is 14.4 Å². The number of carbonyl (C=O) groups is 3. The first kappa shape index (κ1) is 18.9. The topological polar surface area (TPSA) is 98.9 Å². The molecule has 3 amide bonds. The number of ether oxygens (including phenoxy) is 2. The fraction of sp³-hybridized carbons (Fsp3) is 0.353. The van der Waals surface area contributed by atoms with Gasteiger partial charge < -0.3 is 15.2 Å². The number of hydrogen-bond donors (Lipinski definition) is 1. The van der Waals surface area contributed by atoms with Crippen molar-refractivity contribution in [1.29, 1.82) is 0 Å². The van der Waals surface area contributed by atoms with Gasteiger partial charge in [-0.25, -0.2) is 0 Å². The van der Waals surface area contributed by atoms with Crippen LogP contribution in [0.3, 0.4) is 0 Å². The molecule has 1 heterocycles. The van der Waals surface area contributed by atoms with Crippen LogP contribution in [0, 0.1) is 0 Å². The summed E-state index contributed by atoms with van der Waals surface area (Å²) in [6.45, 7) is 3.50. The number of rotatable bonds is 7. The second-order valence-corrected chi connectivity index (χ2v) is 6.47. The van der Waals surface area contributed by atoms with Crippen molar-refractivity contribution in [3.05, 3.63) is 28.7 Å². The largest absolute Gasteiger partial charge is 0.493 e. The Bertz CT molecular complexity index is 732. The minimum atomic E-state index is -0.593. The van der Waals surface area contributed by atoms with Crippen molar-refractivity contribution < 1.29 is 23.9 Å². The number of methoxy groups -OCH3 is 1. The molecule has 0 saturated carbocycles. The Morgan fingerprint density at radius 2 is 2.08 bits per heavy atom. The normalized spacial score (nSPS) is 17.1. The first-order chi connectivity index (χ1) is 11.9. The number of nitrogens with two attached hydrogens (primary N) is 1. The van der Waals surface area contributed by atoms with Crippen LogP contribution in [0.5, 0.6) is 11.5 Å². The molecule has 7 nitrogen and oxygen atoms in total. The number of carbonyl (C=O) groups excluding carboxylic acids is 3. The third-order valence-electron chi connectivity index (χ3n) is 3.71. The fourth-order valence-corrected chi connectivity index (χ4v) is 3.17. The van der Waals surface area contributed by atoms with Gasteiger partial charge in [0.15, 0.2) is 18.1 Å². The van der Waals surface area contributed by atoms with E-state index in [2.05, 4.69) is 0 Å². The van der Waals surface area contributed by atoms with E-state index >= 15 is 0 Å². The second kappa shape index (κ2) is 8.06. The van der Waals surface area contributed by atoms with E-state index in [0.29, 0.717) is 28.4 Å². The SMILES string of the molecule is CCC(C)N1C(=O)SC(=Cc2ccc(OCC(N)=O)c(OC)c2)C1=O. The van der Waals surface area contributed by atoms with Crippen molar-refractivity contribution in [3.63, 3.8) is 0 Å². The molecule has 134 valence electrons. The molecule has 0 aromatic heterocycles. The summed E-state index contributed by atoms with van der Waals surface area (Å²) < 4.78 is 10.5. The van der Waals surface area contributed by atoms with E-state index in [1.165, 1.54) is 12.0 Å². The van der Waals surface area contributed by atoms with Crippen molar-refractivity contribution in [2.75, 3.05) is 13.7 Å². The number of nitrogens with zero attached hydrogens (tertiary/aromatic N) is 1. The van der Waals surface area contributed by atoms with Gasteiger partial charge in [-0.3, -0.25) is 19.3 Å². The predicted octanol–water partition coefficient (Wildman–Crippen LogP) is 2.39. The summed E-state index contributed by atoms with van der Waals surface area (Å²) in [6, 6.07) is 4.84. The molecule has 8 heteroatoms. The highest BCUT2D eigenvalue weighted by Gasteiger charge is 2.37. The van der Waals surface area contributed by atoms with Crippen molar-refractivity contribution >= 4 is 34.9 Å². The van der Waals surface area contributed by atoms with Crippen LogP contribution in [0.4, 0.5) is 4.79 Å². The number of imide groups is 1. The molecule has 0 bridgehead atoms. The Morgan fingerprint density at radius 3 is 2.68 bits per heavy atom. The van der Waals surface area contributed by atoms with Crippen LogP contribution in [-0.2, 0) is 9.59 Å². The van der Waals surface area contributed by atoms with Crippen LogP contribution in [0.1, 0.15) is 25.8 Å². The summed E-state index contributed by atoms with van der Waals surface area (Å²) in [5.74, 6) is -0.121. The quantitative estimate of drug-likeness (QED) is 0.746. The minimum Gasteiger partial charge on any atom is -0.493 e. The molecule has 1 unspecified atom stereocenters. The van der Waals surface area contributed by atoms with Gasteiger partial charge in [-0.15, -0.1) is 0 Å². The van der Waals surface area contributed by atoms with Gasteiger partial charge in [0.05, 0.1) is 12.0 Å². The number of amides is 3. The smallest absolute Gasteiger partial charge is 0.293 e. The van der Waals surface area contributed by atoms with Crippen LogP contribution >= 0.6 is 11.8 Å². The highest BCUT2D eigenvalue weighted by molar-refractivity contribution is 8.18. The van der Waals surface area contributed by atoms with Gasteiger partial charge in [-0.05, 0) is 48.9 Å². The average molecular weight is 364 g/mol. The van der Waals surface area contributed by atoms with Gasteiger partial charge in [0.25, 0.3) is 17.1 Å². The van der Waals surface area contributed by atoms with Crippen molar-refractivity contribution in [2.45, 2.75) is 26.3 Å². The minimum absolute atomic E-state index is 0.141. The molecule has 1 atom stereocenters. The van der Waals surface area contributed by atoms with E-state index in [4.69, 9.17) is 15.2 Å². The standard InChI is InChI=1S/C17H20N2O5S/c1-4-10(2)19-16(21)14(25-17(19)22)8-11-5-6-12(13(7-11)23-3)24-9-15(18)20/h5-8,10H,4,9H2,1-3H3,(H2,18,20). The highest BCUT2D eigenvalue weighted by Crippen LogP contribution is 2.35. The van der Waals surface area contributed by atoms with Gasteiger partial charge in [-0.1, -0.05) is 13.0 Å². The van der Waals surface area contributed by atoms with E-state index in [1.54, 1.807) is 24.3 Å². The monoisotopic (exact) mass is 364 g/mol. The highest BCUT2D eigenvalue weighted by atomic mass is 32.2. The molecule has 0 radical (unpaired) electrons. The molecule has 1 aliphatic heterocycles. The lowest BCUT2D eigenvalue weighted by atomic mass is 10.1. The Labute approximate surface area is 150 Å². The molecule has 2 N–H and O–H groups in total. The van der Waals surface area contributed by atoms with Crippen LogP contribution in [-0.4, -0.2) is 41.7 Å². The molecule has 25 heavy (non-hydrogen) atoms. The lowest BCUT2D eigenvalue weighted by Gasteiger charge is -2.19. The summed E-state index contributed by atoms with van der Waals surface area (Å²) in [6.07, 6.45) is 2.33. The summed E-state index contributed by atoms with van der Waals surface area (Å²) in [4.78, 5) is 36.9. The summed E-state index contributed by atoms with van der Waals surface area (Å²) in [7, 11) is 1.47. The van der Waals surface area contributed by atoms with E-state index in [1.807, 2.05) is 13.8 Å². The predicted molar refractivity (Wildman–Crippen MR) is 95.2 cm³/mol. The van der Waals surface area contributed by atoms with E-state index in [0.717, 1.165) is 11.8 Å². The van der Waals surface area contributed by atoms with Crippen molar-refractivity contribution in [1.82, 2.24) is 4.90 Å². The van der Waals surface area contributed by atoms with Crippen molar-refractivity contribution in [2.24, 2.45) is 5.73 Å². The zero-order chi connectivity index (χ0) is 18.6. The van der Waals surface area contributed by atoms with Gasteiger partial charge in [0.2, 0.25) is 0 Å². The van der Waals surface area contributed by atoms with E-state index in [-0.39, 0.29) is 23.8 Å². The molecule has 2 rings (SSSR count).